The number of fused-ring (bicyclic) bond motifs is 1. The number of benzene rings is 3. The van der Waals surface area contributed by atoms with Gasteiger partial charge < -0.3 is 4.65 Å². The van der Waals surface area contributed by atoms with E-state index in [9.17, 15) is 4.39 Å². The summed E-state index contributed by atoms with van der Waals surface area (Å²) < 4.78 is 21.4. The molecular formula is C26H18BFN2O. The second-order valence-electron chi connectivity index (χ2n) is 7.17. The van der Waals surface area contributed by atoms with E-state index >= 15 is 0 Å². The van der Waals surface area contributed by atoms with Crippen molar-refractivity contribution in [2.45, 2.75) is 0 Å². The first-order valence-electron chi connectivity index (χ1n) is 10.1. The van der Waals surface area contributed by atoms with Crippen molar-refractivity contribution in [1.82, 2.24) is 9.97 Å². The van der Waals surface area contributed by atoms with Crippen molar-refractivity contribution in [1.29, 1.82) is 0 Å². The molecule has 0 atom stereocenters. The van der Waals surface area contributed by atoms with Crippen LogP contribution >= 0.6 is 0 Å². The molecule has 3 nitrogen and oxygen atoms in total. The van der Waals surface area contributed by atoms with Crippen molar-refractivity contribution in [2.24, 2.45) is 0 Å². The van der Waals surface area contributed by atoms with Crippen molar-refractivity contribution < 1.29 is 9.04 Å². The first kappa shape index (κ1) is 19.0. The molecule has 0 amide bonds. The molecule has 5 heteroatoms. The van der Waals surface area contributed by atoms with Gasteiger partial charge in [0.1, 0.15) is 11.3 Å². The Labute approximate surface area is 180 Å². The van der Waals surface area contributed by atoms with Crippen LogP contribution in [-0.2, 0) is 0 Å². The molecule has 5 aromatic rings. The molecule has 31 heavy (non-hydrogen) atoms. The van der Waals surface area contributed by atoms with Crippen LogP contribution in [0.4, 0.5) is 4.39 Å². The predicted octanol–water partition coefficient (Wildman–Crippen LogP) is 4.62. The lowest BCUT2D eigenvalue weighted by atomic mass is 9.53. The third-order valence-electron chi connectivity index (χ3n) is 5.24. The Morgan fingerprint density at radius 3 is 2.23 bits per heavy atom. The Balaban J connectivity index is 1.69. The minimum Gasteiger partial charge on any atom is -0.550 e. The van der Waals surface area contributed by atoms with E-state index in [2.05, 4.69) is 9.97 Å². The molecule has 0 bridgehead atoms. The largest absolute Gasteiger partial charge is 0.550 e. The summed E-state index contributed by atoms with van der Waals surface area (Å²) in [7, 11) is 0. The Hall–Kier alpha value is -3.99. The lowest BCUT2D eigenvalue weighted by Gasteiger charge is -2.20. The summed E-state index contributed by atoms with van der Waals surface area (Å²) in [6.45, 7) is -0.697. The van der Waals surface area contributed by atoms with Gasteiger partial charge >= 0.3 is 6.92 Å². The Bertz CT molecular complexity index is 1340. The first-order chi connectivity index (χ1) is 15.3. The van der Waals surface area contributed by atoms with E-state index < -0.39 is 12.9 Å². The van der Waals surface area contributed by atoms with Crippen LogP contribution in [0.1, 0.15) is 0 Å². The van der Waals surface area contributed by atoms with Crippen LogP contribution in [0.3, 0.4) is 0 Å². The summed E-state index contributed by atoms with van der Waals surface area (Å²) in [6.07, 6.45) is 3.17. The highest BCUT2D eigenvalue weighted by atomic mass is 19.1. The zero-order valence-corrected chi connectivity index (χ0v) is 16.7. The SMILES string of the molecule is Fc1ncccc1B(Oc1cccc2cccnc12)c1ccccc1-c1ccccc1. The third kappa shape index (κ3) is 3.78. The fourth-order valence-corrected chi connectivity index (χ4v) is 3.79. The molecule has 0 radical (unpaired) electrons. The van der Waals surface area contributed by atoms with Crippen LogP contribution in [0.15, 0.2) is 109 Å². The summed E-state index contributed by atoms with van der Waals surface area (Å²) in [5.41, 5.74) is 3.97. The average Bonchev–Trinajstić information content (AvgIpc) is 2.84. The van der Waals surface area contributed by atoms with Gasteiger partial charge in [0, 0.05) is 23.2 Å². The normalized spacial score (nSPS) is 10.7. The van der Waals surface area contributed by atoms with Gasteiger partial charge in [0.05, 0.1) is 0 Å². The van der Waals surface area contributed by atoms with Gasteiger partial charge in [0.25, 0.3) is 0 Å². The number of rotatable bonds is 5. The maximum atomic E-state index is 14.9. The number of aromatic nitrogens is 2. The monoisotopic (exact) mass is 404 g/mol. The van der Waals surface area contributed by atoms with Crippen LogP contribution in [0.2, 0.25) is 0 Å². The molecule has 148 valence electrons. The van der Waals surface area contributed by atoms with E-state index in [1.807, 2.05) is 84.9 Å². The van der Waals surface area contributed by atoms with Crippen LogP contribution in [-0.4, -0.2) is 16.9 Å². The molecule has 3 aromatic carbocycles. The number of hydrogen-bond acceptors (Lipinski definition) is 3. The standard InChI is InChI=1S/C26H18BFN2O/c28-26-23(15-8-18-30-26)27(31-24-16-6-11-20-12-7-17-29-25(20)24)22-14-5-4-13-21(22)19-9-2-1-3-10-19/h1-18H. The molecule has 0 fully saturated rings. The Morgan fingerprint density at radius 1 is 0.645 bits per heavy atom. The third-order valence-corrected chi connectivity index (χ3v) is 5.24. The van der Waals surface area contributed by atoms with Gasteiger partial charge in [0.2, 0.25) is 5.95 Å². The summed E-state index contributed by atoms with van der Waals surface area (Å²) in [6, 6.07) is 31.0. The summed E-state index contributed by atoms with van der Waals surface area (Å²) >= 11 is 0. The van der Waals surface area contributed by atoms with Gasteiger partial charge in [0.15, 0.2) is 0 Å². The van der Waals surface area contributed by atoms with Crippen molar-refractivity contribution in [3.05, 3.63) is 115 Å². The maximum absolute atomic E-state index is 14.9. The highest BCUT2D eigenvalue weighted by Crippen LogP contribution is 2.25. The molecule has 0 aliphatic carbocycles. The van der Waals surface area contributed by atoms with Gasteiger partial charge in [-0.15, -0.1) is 0 Å². The van der Waals surface area contributed by atoms with Crippen molar-refractivity contribution >= 4 is 28.7 Å². The average molecular weight is 404 g/mol. The zero-order valence-electron chi connectivity index (χ0n) is 16.7. The molecule has 0 N–H and O–H groups in total. The molecule has 0 spiro atoms. The minimum absolute atomic E-state index is 0.374. The number of halogens is 1. The van der Waals surface area contributed by atoms with Crippen LogP contribution in [0.5, 0.6) is 5.75 Å². The van der Waals surface area contributed by atoms with Crippen molar-refractivity contribution in [3.63, 3.8) is 0 Å². The van der Waals surface area contributed by atoms with Crippen LogP contribution in [0, 0.1) is 5.95 Å². The van der Waals surface area contributed by atoms with Gasteiger partial charge in [-0.2, -0.15) is 4.39 Å². The first-order valence-corrected chi connectivity index (χ1v) is 10.1. The van der Waals surface area contributed by atoms with E-state index in [4.69, 9.17) is 4.65 Å². The quantitative estimate of drug-likeness (QED) is 0.317. The van der Waals surface area contributed by atoms with Crippen LogP contribution < -0.4 is 15.6 Å². The number of pyridine rings is 2. The maximum Gasteiger partial charge on any atom is 0.431 e. The summed E-state index contributed by atoms with van der Waals surface area (Å²) in [4.78, 5) is 8.36. The fourth-order valence-electron chi connectivity index (χ4n) is 3.79. The van der Waals surface area contributed by atoms with E-state index in [1.165, 1.54) is 6.20 Å². The van der Waals surface area contributed by atoms with E-state index in [1.54, 1.807) is 18.3 Å². The van der Waals surface area contributed by atoms with Crippen LogP contribution in [0.25, 0.3) is 22.0 Å². The van der Waals surface area contributed by atoms with Gasteiger partial charge in [-0.05, 0) is 34.8 Å². The zero-order chi connectivity index (χ0) is 21.0. The van der Waals surface area contributed by atoms with Crippen molar-refractivity contribution in [3.8, 4) is 16.9 Å². The lowest BCUT2D eigenvalue weighted by Crippen LogP contribution is -2.50. The fraction of sp³-hybridized carbons (Fsp3) is 0. The Kier molecular flexibility index (Phi) is 5.15. The van der Waals surface area contributed by atoms with E-state index in [-0.39, 0.29) is 0 Å². The Morgan fingerprint density at radius 2 is 1.35 bits per heavy atom. The molecular weight excluding hydrogens is 386 g/mol. The second-order valence-corrected chi connectivity index (χ2v) is 7.17. The summed E-state index contributed by atoms with van der Waals surface area (Å²) in [5.74, 6) is 0.0396. The van der Waals surface area contributed by atoms with E-state index in [0.717, 1.165) is 27.5 Å². The lowest BCUT2D eigenvalue weighted by molar-refractivity contribution is 0.573. The smallest absolute Gasteiger partial charge is 0.431 e. The summed E-state index contributed by atoms with van der Waals surface area (Å²) in [5, 5.41) is 0.960. The van der Waals surface area contributed by atoms with Gasteiger partial charge in [-0.25, -0.2) is 4.98 Å². The minimum atomic E-state index is -0.697. The highest BCUT2D eigenvalue weighted by Gasteiger charge is 2.30. The van der Waals surface area contributed by atoms with Gasteiger partial charge in [-0.3, -0.25) is 4.98 Å². The molecule has 0 unspecified atom stereocenters. The van der Waals surface area contributed by atoms with Gasteiger partial charge in [-0.1, -0.05) is 78.9 Å². The molecule has 5 rings (SSSR count). The molecule has 0 aliphatic rings. The topological polar surface area (TPSA) is 35.0 Å². The number of hydrogen-bond donors (Lipinski definition) is 0. The molecule has 2 heterocycles. The molecule has 0 saturated heterocycles. The predicted molar refractivity (Wildman–Crippen MR) is 123 cm³/mol. The molecule has 0 saturated carbocycles. The highest BCUT2D eigenvalue weighted by molar-refractivity contribution is 6.81. The number of para-hydroxylation sites is 1. The number of nitrogens with zero attached hydrogens (tertiary/aromatic N) is 2. The molecule has 2 aromatic heterocycles. The van der Waals surface area contributed by atoms with Crippen molar-refractivity contribution in [2.75, 3.05) is 0 Å². The van der Waals surface area contributed by atoms with E-state index in [0.29, 0.717) is 11.2 Å². The second kappa shape index (κ2) is 8.40. The molecule has 0 aliphatic heterocycles.